The Morgan fingerprint density at radius 1 is 1.86 bits per heavy atom. The summed E-state index contributed by atoms with van der Waals surface area (Å²) in [4.78, 5) is 0. The average Bonchev–Trinajstić information content (AvgIpc) is 1.73. The maximum atomic E-state index is 11.8. The van der Waals surface area contributed by atoms with Crippen LogP contribution in [0, 0.1) is 0 Å². The van der Waals surface area contributed by atoms with Crippen LogP contribution >= 0.6 is 24.0 Å². The first-order valence-corrected chi connectivity index (χ1v) is 2.14. The van der Waals surface area contributed by atoms with Gasteiger partial charge in [-0.1, -0.05) is 11.6 Å². The zero-order valence-electron chi connectivity index (χ0n) is 3.53. The molecule has 0 heterocycles. The number of rotatable bonds is 0. The van der Waals surface area contributed by atoms with E-state index in [0.717, 1.165) is 0 Å². The van der Waals surface area contributed by atoms with Gasteiger partial charge in [0.05, 0.1) is 6.04 Å². The summed E-state index contributed by atoms with van der Waals surface area (Å²) in [5.41, 5.74) is 4.99. The highest BCUT2D eigenvalue weighted by Crippen LogP contribution is 2.42. The predicted molar refractivity (Wildman–Crippen MR) is 29.5 cm³/mol. The minimum absolute atomic E-state index is 0. The fourth-order valence-electron chi connectivity index (χ4n) is 0.234. The fourth-order valence-corrected chi connectivity index (χ4v) is 0.401. The zero-order chi connectivity index (χ0) is 4.78. The van der Waals surface area contributed by atoms with Crippen molar-refractivity contribution in [2.75, 3.05) is 0 Å². The summed E-state index contributed by atoms with van der Waals surface area (Å²) in [6.45, 7) is 0. The van der Waals surface area contributed by atoms with Crippen molar-refractivity contribution in [3.63, 3.8) is 0 Å². The lowest BCUT2D eigenvalue weighted by Gasteiger charge is -1.84. The van der Waals surface area contributed by atoms with E-state index in [9.17, 15) is 4.39 Å². The molecule has 0 bridgehead atoms. The Bertz CT molecular complexity index is 75.3. The van der Waals surface area contributed by atoms with Crippen molar-refractivity contribution in [3.8, 4) is 0 Å². The van der Waals surface area contributed by atoms with Gasteiger partial charge >= 0.3 is 0 Å². The van der Waals surface area contributed by atoms with E-state index < -0.39 is 11.2 Å². The Kier molecular flexibility index (Phi) is 1.88. The standard InChI is InChI=1S/C3H5ClFN.ClH/c4-3(5)1-2(3)6;/h2H,1,6H2;1H. The number of nitrogens with two attached hydrogens (primary N) is 1. The minimum atomic E-state index is -1.54. The third-order valence-electron chi connectivity index (χ3n) is 0.874. The molecule has 0 radical (unpaired) electrons. The largest absolute Gasteiger partial charge is 0.324 e. The van der Waals surface area contributed by atoms with Crippen LogP contribution in [0.2, 0.25) is 0 Å². The summed E-state index contributed by atoms with van der Waals surface area (Å²) in [5, 5.41) is -1.54. The molecule has 1 nitrogen and oxygen atoms in total. The molecular formula is C3H6Cl2FN. The lowest BCUT2D eigenvalue weighted by Crippen LogP contribution is -2.07. The normalized spacial score (nSPS) is 47.6. The van der Waals surface area contributed by atoms with Crippen molar-refractivity contribution >= 4 is 24.0 Å². The summed E-state index contributed by atoms with van der Waals surface area (Å²) >= 11 is 5.00. The number of alkyl halides is 2. The summed E-state index contributed by atoms with van der Waals surface area (Å²) in [6, 6.07) is -0.404. The van der Waals surface area contributed by atoms with Crippen LogP contribution in [0.15, 0.2) is 0 Å². The summed E-state index contributed by atoms with van der Waals surface area (Å²) in [7, 11) is 0. The van der Waals surface area contributed by atoms with Crippen LogP contribution in [-0.2, 0) is 0 Å². The van der Waals surface area contributed by atoms with Gasteiger partial charge in [-0.05, 0) is 0 Å². The molecule has 1 aliphatic rings. The van der Waals surface area contributed by atoms with Gasteiger partial charge in [0.1, 0.15) is 0 Å². The second kappa shape index (κ2) is 1.77. The van der Waals surface area contributed by atoms with Gasteiger partial charge in [-0.3, -0.25) is 0 Å². The second-order valence-electron chi connectivity index (χ2n) is 1.57. The maximum absolute atomic E-state index is 11.8. The molecule has 1 saturated carbocycles. The number of halogens is 3. The first-order valence-electron chi connectivity index (χ1n) is 1.76. The third-order valence-corrected chi connectivity index (χ3v) is 1.31. The summed E-state index contributed by atoms with van der Waals surface area (Å²) in [5.74, 6) is 0. The van der Waals surface area contributed by atoms with Crippen LogP contribution in [0.25, 0.3) is 0 Å². The molecule has 2 unspecified atom stereocenters. The molecule has 0 amide bonds. The highest BCUT2D eigenvalue weighted by molar-refractivity contribution is 6.25. The average molecular weight is 146 g/mol. The van der Waals surface area contributed by atoms with Crippen LogP contribution < -0.4 is 5.73 Å². The van der Waals surface area contributed by atoms with Gasteiger partial charge in [-0.25, -0.2) is 4.39 Å². The van der Waals surface area contributed by atoms with Crippen molar-refractivity contribution in [3.05, 3.63) is 0 Å². The van der Waals surface area contributed by atoms with Gasteiger partial charge in [0.15, 0.2) is 5.13 Å². The van der Waals surface area contributed by atoms with Gasteiger partial charge in [0, 0.05) is 6.42 Å². The van der Waals surface area contributed by atoms with Gasteiger partial charge in [0.2, 0.25) is 0 Å². The number of hydrogen-bond acceptors (Lipinski definition) is 1. The molecule has 7 heavy (non-hydrogen) atoms. The van der Waals surface area contributed by atoms with E-state index in [1.165, 1.54) is 0 Å². The Morgan fingerprint density at radius 2 is 2.00 bits per heavy atom. The van der Waals surface area contributed by atoms with Crippen LogP contribution in [0.4, 0.5) is 4.39 Å². The summed E-state index contributed by atoms with van der Waals surface area (Å²) < 4.78 is 11.8. The van der Waals surface area contributed by atoms with Crippen molar-refractivity contribution in [1.82, 2.24) is 0 Å². The molecule has 0 aromatic carbocycles. The molecule has 0 spiro atoms. The lowest BCUT2D eigenvalue weighted by atomic mass is 10.8. The monoisotopic (exact) mass is 145 g/mol. The minimum Gasteiger partial charge on any atom is -0.324 e. The molecule has 4 heteroatoms. The smallest absolute Gasteiger partial charge is 0.200 e. The number of hydrogen-bond donors (Lipinski definition) is 1. The molecule has 0 saturated heterocycles. The molecule has 0 aliphatic heterocycles. The van der Waals surface area contributed by atoms with Crippen molar-refractivity contribution in [2.45, 2.75) is 17.6 Å². The molecule has 0 aromatic heterocycles. The van der Waals surface area contributed by atoms with E-state index >= 15 is 0 Å². The fraction of sp³-hybridized carbons (Fsp3) is 1.00. The maximum Gasteiger partial charge on any atom is 0.200 e. The van der Waals surface area contributed by atoms with E-state index in [0.29, 0.717) is 6.42 Å². The Labute approximate surface area is 52.4 Å². The highest BCUT2D eigenvalue weighted by atomic mass is 35.5. The Hall–Kier alpha value is 0.470. The van der Waals surface area contributed by atoms with Crippen LogP contribution in [0.3, 0.4) is 0 Å². The van der Waals surface area contributed by atoms with Crippen LogP contribution in [0.5, 0.6) is 0 Å². The Balaban J connectivity index is 0.000000360. The van der Waals surface area contributed by atoms with E-state index in [-0.39, 0.29) is 12.4 Å². The van der Waals surface area contributed by atoms with E-state index in [4.69, 9.17) is 17.3 Å². The lowest BCUT2D eigenvalue weighted by molar-refractivity contribution is 0.416. The van der Waals surface area contributed by atoms with E-state index in [1.807, 2.05) is 0 Å². The first-order chi connectivity index (χ1) is 2.63. The van der Waals surface area contributed by atoms with Crippen LogP contribution in [-0.4, -0.2) is 11.2 Å². The Morgan fingerprint density at radius 3 is 2.00 bits per heavy atom. The molecule has 1 rings (SSSR count). The van der Waals surface area contributed by atoms with Gasteiger partial charge < -0.3 is 5.73 Å². The topological polar surface area (TPSA) is 26.0 Å². The van der Waals surface area contributed by atoms with Crippen molar-refractivity contribution in [1.29, 1.82) is 0 Å². The molecule has 2 atom stereocenters. The second-order valence-corrected chi connectivity index (χ2v) is 2.20. The zero-order valence-corrected chi connectivity index (χ0v) is 5.10. The molecule has 0 aromatic rings. The SMILES string of the molecule is Cl.NC1CC1(F)Cl. The van der Waals surface area contributed by atoms with Gasteiger partial charge in [-0.15, -0.1) is 12.4 Å². The predicted octanol–water partition coefficient (Wildman–Crippen LogP) is 1.04. The van der Waals surface area contributed by atoms with Crippen molar-refractivity contribution < 1.29 is 4.39 Å². The third kappa shape index (κ3) is 1.44. The summed E-state index contributed by atoms with van der Waals surface area (Å²) in [6.07, 6.45) is 0.314. The molecular weight excluding hydrogens is 140 g/mol. The first kappa shape index (κ1) is 7.47. The highest BCUT2D eigenvalue weighted by Gasteiger charge is 2.51. The molecule has 44 valence electrons. The van der Waals surface area contributed by atoms with Crippen LogP contribution in [0.1, 0.15) is 6.42 Å². The molecule has 2 N–H and O–H groups in total. The van der Waals surface area contributed by atoms with E-state index in [1.54, 1.807) is 0 Å². The van der Waals surface area contributed by atoms with Crippen molar-refractivity contribution in [2.24, 2.45) is 5.73 Å². The molecule has 1 fully saturated rings. The van der Waals surface area contributed by atoms with E-state index in [2.05, 4.69) is 0 Å². The quantitative estimate of drug-likeness (QED) is 0.507. The van der Waals surface area contributed by atoms with Gasteiger partial charge in [-0.2, -0.15) is 0 Å². The molecule has 1 aliphatic carbocycles. The van der Waals surface area contributed by atoms with Gasteiger partial charge in [0.25, 0.3) is 0 Å².